The third-order valence-corrected chi connectivity index (χ3v) is 4.39. The zero-order valence-electron chi connectivity index (χ0n) is 10.7. The standard InChI is InChI=1S/C14H18FNO2S/c15-11-5-1-2-6-12(11)19-9-13(17)16-10-14(18)7-3-4-8-14/h1-2,5-6,18H,3-4,7-10H2,(H,16,17). The minimum Gasteiger partial charge on any atom is -0.388 e. The molecule has 0 heterocycles. The first-order valence-electron chi connectivity index (χ1n) is 6.45. The van der Waals surface area contributed by atoms with E-state index in [1.165, 1.54) is 17.8 Å². The highest BCUT2D eigenvalue weighted by Gasteiger charge is 2.31. The molecule has 1 saturated carbocycles. The molecule has 19 heavy (non-hydrogen) atoms. The molecular formula is C14H18FNO2S. The average Bonchev–Trinajstić information content (AvgIpc) is 2.83. The second-order valence-electron chi connectivity index (χ2n) is 4.93. The van der Waals surface area contributed by atoms with Crippen LogP contribution in [0.5, 0.6) is 0 Å². The van der Waals surface area contributed by atoms with Gasteiger partial charge in [0.25, 0.3) is 0 Å². The number of hydrogen-bond acceptors (Lipinski definition) is 3. The predicted octanol–water partition coefficient (Wildman–Crippen LogP) is 2.34. The average molecular weight is 283 g/mol. The third-order valence-electron chi connectivity index (χ3n) is 3.34. The van der Waals surface area contributed by atoms with Gasteiger partial charge in [-0.05, 0) is 25.0 Å². The fourth-order valence-electron chi connectivity index (χ4n) is 2.23. The smallest absolute Gasteiger partial charge is 0.230 e. The highest BCUT2D eigenvalue weighted by Crippen LogP contribution is 2.28. The molecule has 5 heteroatoms. The van der Waals surface area contributed by atoms with Crippen molar-refractivity contribution in [3.63, 3.8) is 0 Å². The summed E-state index contributed by atoms with van der Waals surface area (Å²) in [5, 5.41) is 12.8. The van der Waals surface area contributed by atoms with Crippen molar-refractivity contribution in [2.75, 3.05) is 12.3 Å². The molecule has 0 saturated heterocycles. The molecule has 2 N–H and O–H groups in total. The largest absolute Gasteiger partial charge is 0.388 e. The Bertz CT molecular complexity index is 447. The van der Waals surface area contributed by atoms with E-state index in [1.807, 2.05) is 0 Å². The molecule has 0 aliphatic heterocycles. The molecule has 1 aromatic carbocycles. The van der Waals surface area contributed by atoms with E-state index in [4.69, 9.17) is 0 Å². The molecule has 0 aromatic heterocycles. The molecule has 0 spiro atoms. The third kappa shape index (κ3) is 4.21. The molecule has 1 aliphatic rings. The van der Waals surface area contributed by atoms with Crippen LogP contribution in [0.2, 0.25) is 0 Å². The number of aliphatic hydroxyl groups is 1. The fraction of sp³-hybridized carbons (Fsp3) is 0.500. The molecule has 104 valence electrons. The second-order valence-corrected chi connectivity index (χ2v) is 5.94. The highest BCUT2D eigenvalue weighted by atomic mass is 32.2. The summed E-state index contributed by atoms with van der Waals surface area (Å²) < 4.78 is 13.3. The Morgan fingerprint density at radius 2 is 2.05 bits per heavy atom. The highest BCUT2D eigenvalue weighted by molar-refractivity contribution is 8.00. The van der Waals surface area contributed by atoms with Gasteiger partial charge >= 0.3 is 0 Å². The Kier molecular flexibility index (Phi) is 4.82. The summed E-state index contributed by atoms with van der Waals surface area (Å²) in [4.78, 5) is 12.1. The van der Waals surface area contributed by atoms with Crippen LogP contribution in [-0.2, 0) is 4.79 Å². The first-order chi connectivity index (χ1) is 9.09. The first kappa shape index (κ1) is 14.3. The van der Waals surface area contributed by atoms with Crippen molar-refractivity contribution in [3.05, 3.63) is 30.1 Å². The number of carbonyl (C=O) groups excluding carboxylic acids is 1. The van der Waals surface area contributed by atoms with E-state index in [-0.39, 0.29) is 17.5 Å². The van der Waals surface area contributed by atoms with E-state index in [0.29, 0.717) is 11.4 Å². The molecule has 0 radical (unpaired) electrons. The number of benzene rings is 1. The lowest BCUT2D eigenvalue weighted by atomic mass is 10.0. The molecule has 1 aliphatic carbocycles. The maximum atomic E-state index is 13.3. The number of hydrogen-bond donors (Lipinski definition) is 2. The SMILES string of the molecule is O=C(CSc1ccccc1F)NCC1(O)CCCC1. The number of amides is 1. The maximum absolute atomic E-state index is 13.3. The minimum absolute atomic E-state index is 0.164. The van der Waals surface area contributed by atoms with Gasteiger partial charge in [0, 0.05) is 11.4 Å². The first-order valence-corrected chi connectivity index (χ1v) is 7.44. The summed E-state index contributed by atoms with van der Waals surface area (Å²) in [6.45, 7) is 0.295. The van der Waals surface area contributed by atoms with Gasteiger partial charge < -0.3 is 10.4 Å². The Morgan fingerprint density at radius 3 is 2.74 bits per heavy atom. The van der Waals surface area contributed by atoms with E-state index >= 15 is 0 Å². The van der Waals surface area contributed by atoms with Crippen molar-refractivity contribution in [2.45, 2.75) is 36.2 Å². The van der Waals surface area contributed by atoms with Crippen molar-refractivity contribution >= 4 is 17.7 Å². The fourth-order valence-corrected chi connectivity index (χ4v) is 3.00. The molecule has 1 amide bonds. The van der Waals surface area contributed by atoms with Gasteiger partial charge in [0.15, 0.2) is 0 Å². The van der Waals surface area contributed by atoms with Crippen molar-refractivity contribution < 1.29 is 14.3 Å². The molecular weight excluding hydrogens is 265 g/mol. The van der Waals surface area contributed by atoms with Gasteiger partial charge in [-0.15, -0.1) is 11.8 Å². The van der Waals surface area contributed by atoms with E-state index in [0.717, 1.165) is 25.7 Å². The molecule has 0 bridgehead atoms. The molecule has 0 unspecified atom stereocenters. The minimum atomic E-state index is -0.738. The van der Waals surface area contributed by atoms with Crippen LogP contribution >= 0.6 is 11.8 Å². The Balaban J connectivity index is 1.74. The summed E-state index contributed by atoms with van der Waals surface area (Å²) in [7, 11) is 0. The van der Waals surface area contributed by atoms with Crippen LogP contribution in [-0.4, -0.2) is 28.9 Å². The van der Waals surface area contributed by atoms with Crippen LogP contribution < -0.4 is 5.32 Å². The van der Waals surface area contributed by atoms with E-state index in [1.54, 1.807) is 18.2 Å². The summed E-state index contributed by atoms with van der Waals surface area (Å²) >= 11 is 1.17. The maximum Gasteiger partial charge on any atom is 0.230 e. The summed E-state index contributed by atoms with van der Waals surface area (Å²) in [5.74, 6) is -0.319. The van der Waals surface area contributed by atoms with Crippen LogP contribution in [0.4, 0.5) is 4.39 Å². The van der Waals surface area contributed by atoms with Gasteiger partial charge in [0.05, 0.1) is 11.4 Å². The number of nitrogens with one attached hydrogen (secondary N) is 1. The van der Waals surface area contributed by atoms with Gasteiger partial charge in [-0.3, -0.25) is 4.79 Å². The molecule has 3 nitrogen and oxygen atoms in total. The number of halogens is 1. The number of rotatable bonds is 5. The van der Waals surface area contributed by atoms with Crippen molar-refractivity contribution in [1.82, 2.24) is 5.32 Å². The second kappa shape index (κ2) is 6.39. The van der Waals surface area contributed by atoms with Crippen LogP contribution in [0.15, 0.2) is 29.2 Å². The van der Waals surface area contributed by atoms with E-state index in [2.05, 4.69) is 5.32 Å². The van der Waals surface area contributed by atoms with Gasteiger partial charge in [0.2, 0.25) is 5.91 Å². The van der Waals surface area contributed by atoms with Gasteiger partial charge in [-0.25, -0.2) is 4.39 Å². The van der Waals surface area contributed by atoms with E-state index < -0.39 is 5.60 Å². The van der Waals surface area contributed by atoms with Crippen LogP contribution in [0.1, 0.15) is 25.7 Å². The zero-order chi connectivity index (χ0) is 13.7. The summed E-state index contributed by atoms with van der Waals surface area (Å²) in [6.07, 6.45) is 3.51. The van der Waals surface area contributed by atoms with Gasteiger partial charge in [-0.2, -0.15) is 0 Å². The van der Waals surface area contributed by atoms with Crippen molar-refractivity contribution in [2.24, 2.45) is 0 Å². The summed E-state index contributed by atoms with van der Waals surface area (Å²) in [5.41, 5.74) is -0.738. The Morgan fingerprint density at radius 1 is 1.37 bits per heavy atom. The molecule has 1 aromatic rings. The van der Waals surface area contributed by atoms with Crippen molar-refractivity contribution in [3.8, 4) is 0 Å². The van der Waals surface area contributed by atoms with Crippen LogP contribution in [0, 0.1) is 5.82 Å². The van der Waals surface area contributed by atoms with Gasteiger partial charge in [-0.1, -0.05) is 25.0 Å². The van der Waals surface area contributed by atoms with Crippen LogP contribution in [0.25, 0.3) is 0 Å². The van der Waals surface area contributed by atoms with E-state index in [9.17, 15) is 14.3 Å². The number of thioether (sulfide) groups is 1. The molecule has 2 rings (SSSR count). The van der Waals surface area contributed by atoms with Crippen molar-refractivity contribution in [1.29, 1.82) is 0 Å². The summed E-state index contributed by atoms with van der Waals surface area (Å²) in [6, 6.07) is 6.39. The topological polar surface area (TPSA) is 49.3 Å². The lowest BCUT2D eigenvalue weighted by Crippen LogP contribution is -2.41. The monoisotopic (exact) mass is 283 g/mol. The quantitative estimate of drug-likeness (QED) is 0.816. The zero-order valence-corrected chi connectivity index (χ0v) is 11.5. The predicted molar refractivity (Wildman–Crippen MR) is 73.6 cm³/mol. The molecule has 0 atom stereocenters. The van der Waals surface area contributed by atoms with Crippen LogP contribution in [0.3, 0.4) is 0 Å². The number of carbonyl (C=O) groups is 1. The Labute approximate surface area is 116 Å². The van der Waals surface area contributed by atoms with Gasteiger partial charge in [0.1, 0.15) is 5.82 Å². The molecule has 1 fully saturated rings. The lowest BCUT2D eigenvalue weighted by molar-refractivity contribution is -0.119. The normalized spacial score (nSPS) is 17.4. The Hall–Kier alpha value is -1.07. The lowest BCUT2D eigenvalue weighted by Gasteiger charge is -2.22.